The first-order chi connectivity index (χ1) is 8.27. The van der Waals surface area contributed by atoms with Gasteiger partial charge in [0.25, 0.3) is 5.91 Å². The summed E-state index contributed by atoms with van der Waals surface area (Å²) in [4.78, 5) is 11.9. The summed E-state index contributed by atoms with van der Waals surface area (Å²) in [6, 6.07) is 18.1. The Balaban J connectivity index is 2.01. The van der Waals surface area contributed by atoms with E-state index in [1.165, 1.54) is 0 Å². The number of carbonyl (C=O) groups excluding carboxylic acids is 1. The third kappa shape index (κ3) is 3.17. The molecule has 0 heterocycles. The molecule has 0 bridgehead atoms. The second-order valence-electron chi connectivity index (χ2n) is 3.56. The predicted molar refractivity (Wildman–Crippen MR) is 70.6 cm³/mol. The highest BCUT2D eigenvalue weighted by Crippen LogP contribution is 2.15. The minimum Gasteiger partial charge on any atom is -0.348 e. The second-order valence-corrected chi connectivity index (χ2v) is 4.42. The Bertz CT molecular complexity index is 511. The Kier molecular flexibility index (Phi) is 3.94. The lowest BCUT2D eigenvalue weighted by Crippen LogP contribution is -2.23. The zero-order valence-corrected chi connectivity index (χ0v) is 10.7. The molecule has 85 valence electrons. The van der Waals surface area contributed by atoms with E-state index in [1.807, 2.05) is 42.5 Å². The third-order valence-electron chi connectivity index (χ3n) is 2.33. The molecular formula is C14H11BrNO. The number of benzene rings is 2. The molecule has 2 nitrogen and oxygen atoms in total. The molecule has 1 N–H and O–H groups in total. The van der Waals surface area contributed by atoms with E-state index in [0.717, 1.165) is 10.0 Å². The molecule has 2 rings (SSSR count). The topological polar surface area (TPSA) is 29.1 Å². The average molecular weight is 289 g/mol. The standard InChI is InChI=1S/C14H11BrNO/c15-13-9-5-4-8-12(13)14(17)16-10-11-6-2-1-3-7-11/h1-7,9H,10H2,(H,16,17). The first-order valence-electron chi connectivity index (χ1n) is 5.25. The highest BCUT2D eigenvalue weighted by molar-refractivity contribution is 9.10. The number of carbonyl (C=O) groups is 1. The molecule has 0 aliphatic rings. The lowest BCUT2D eigenvalue weighted by atomic mass is 10.2. The number of hydrogen-bond donors (Lipinski definition) is 1. The van der Waals surface area contributed by atoms with E-state index >= 15 is 0 Å². The maximum Gasteiger partial charge on any atom is 0.253 e. The largest absolute Gasteiger partial charge is 0.348 e. The van der Waals surface area contributed by atoms with Crippen LogP contribution in [0.25, 0.3) is 0 Å². The number of halogens is 1. The van der Waals surface area contributed by atoms with Crippen molar-refractivity contribution in [1.29, 1.82) is 0 Å². The van der Waals surface area contributed by atoms with Crippen LogP contribution >= 0.6 is 15.9 Å². The summed E-state index contributed by atoms with van der Waals surface area (Å²) in [6.07, 6.45) is 0. The molecule has 0 fully saturated rings. The molecule has 0 saturated carbocycles. The van der Waals surface area contributed by atoms with Crippen LogP contribution in [-0.4, -0.2) is 5.91 Å². The molecule has 1 radical (unpaired) electrons. The monoisotopic (exact) mass is 288 g/mol. The Labute approximate surface area is 109 Å². The van der Waals surface area contributed by atoms with Gasteiger partial charge >= 0.3 is 0 Å². The van der Waals surface area contributed by atoms with Crippen molar-refractivity contribution >= 4 is 21.8 Å². The molecule has 0 aliphatic carbocycles. The molecule has 17 heavy (non-hydrogen) atoms. The van der Waals surface area contributed by atoms with Gasteiger partial charge in [0.15, 0.2) is 0 Å². The van der Waals surface area contributed by atoms with E-state index in [4.69, 9.17) is 0 Å². The van der Waals surface area contributed by atoms with Gasteiger partial charge in [-0.2, -0.15) is 0 Å². The van der Waals surface area contributed by atoms with Gasteiger partial charge in [0.05, 0.1) is 5.56 Å². The number of hydrogen-bond acceptors (Lipinski definition) is 1. The lowest BCUT2D eigenvalue weighted by molar-refractivity contribution is 0.0950. The fraction of sp³-hybridized carbons (Fsp3) is 0.0714. The van der Waals surface area contributed by atoms with Crippen molar-refractivity contribution in [3.63, 3.8) is 0 Å². The summed E-state index contributed by atoms with van der Waals surface area (Å²) in [5, 5.41) is 2.86. The van der Waals surface area contributed by atoms with Crippen LogP contribution in [0.1, 0.15) is 15.9 Å². The molecule has 2 aromatic carbocycles. The number of nitrogens with one attached hydrogen (secondary N) is 1. The van der Waals surface area contributed by atoms with Crippen LogP contribution in [0.3, 0.4) is 0 Å². The molecule has 0 unspecified atom stereocenters. The molecule has 0 saturated heterocycles. The van der Waals surface area contributed by atoms with Gasteiger partial charge in [0.1, 0.15) is 0 Å². The van der Waals surface area contributed by atoms with Gasteiger partial charge in [-0.25, -0.2) is 0 Å². The zero-order chi connectivity index (χ0) is 12.1. The van der Waals surface area contributed by atoms with E-state index < -0.39 is 0 Å². The minimum absolute atomic E-state index is 0.124. The Morgan fingerprint density at radius 2 is 1.94 bits per heavy atom. The van der Waals surface area contributed by atoms with Crippen LogP contribution in [0.2, 0.25) is 0 Å². The van der Waals surface area contributed by atoms with Crippen LogP contribution in [0.5, 0.6) is 0 Å². The maximum absolute atomic E-state index is 11.9. The van der Waals surface area contributed by atoms with E-state index in [0.29, 0.717) is 12.1 Å². The highest BCUT2D eigenvalue weighted by Gasteiger charge is 2.08. The molecule has 0 aliphatic heterocycles. The van der Waals surface area contributed by atoms with Gasteiger partial charge in [-0.3, -0.25) is 4.79 Å². The number of rotatable bonds is 3. The first kappa shape index (κ1) is 11.9. The zero-order valence-electron chi connectivity index (χ0n) is 9.11. The fourth-order valence-corrected chi connectivity index (χ4v) is 1.90. The molecule has 0 atom stereocenters. The quantitative estimate of drug-likeness (QED) is 0.923. The minimum atomic E-state index is -0.124. The second kappa shape index (κ2) is 5.64. The summed E-state index contributed by atoms with van der Waals surface area (Å²) in [6.45, 7) is 0.523. The van der Waals surface area contributed by atoms with Gasteiger partial charge < -0.3 is 5.32 Å². The molecule has 0 spiro atoms. The van der Waals surface area contributed by atoms with E-state index in [9.17, 15) is 4.79 Å². The van der Waals surface area contributed by atoms with Crippen LogP contribution in [-0.2, 0) is 6.54 Å². The third-order valence-corrected chi connectivity index (χ3v) is 2.99. The van der Waals surface area contributed by atoms with E-state index in [-0.39, 0.29) is 5.91 Å². The Morgan fingerprint density at radius 3 is 2.65 bits per heavy atom. The highest BCUT2D eigenvalue weighted by atomic mass is 79.9. The predicted octanol–water partition coefficient (Wildman–Crippen LogP) is 3.18. The van der Waals surface area contributed by atoms with Gasteiger partial charge in [-0.05, 0) is 33.6 Å². The van der Waals surface area contributed by atoms with Crippen LogP contribution in [0.15, 0.2) is 53.0 Å². The summed E-state index contributed by atoms with van der Waals surface area (Å²) >= 11 is 3.33. The van der Waals surface area contributed by atoms with E-state index in [1.54, 1.807) is 6.07 Å². The fourth-order valence-electron chi connectivity index (χ4n) is 1.46. The van der Waals surface area contributed by atoms with E-state index in [2.05, 4.69) is 27.3 Å². The molecule has 2 aromatic rings. The summed E-state index contributed by atoms with van der Waals surface area (Å²) < 4.78 is 0.755. The summed E-state index contributed by atoms with van der Waals surface area (Å²) in [7, 11) is 0. The van der Waals surface area contributed by atoms with Crippen molar-refractivity contribution in [3.8, 4) is 0 Å². The van der Waals surface area contributed by atoms with Crippen LogP contribution < -0.4 is 5.32 Å². The van der Waals surface area contributed by atoms with Crippen molar-refractivity contribution in [2.45, 2.75) is 6.54 Å². The van der Waals surface area contributed by atoms with Gasteiger partial charge in [-0.1, -0.05) is 42.5 Å². The molecule has 0 aromatic heterocycles. The van der Waals surface area contributed by atoms with Crippen LogP contribution in [0, 0.1) is 6.07 Å². The molecule has 1 amide bonds. The lowest BCUT2D eigenvalue weighted by Gasteiger charge is -2.06. The SMILES string of the molecule is O=C(NCc1ccccc1)c1[c]cccc1Br. The van der Waals surface area contributed by atoms with Gasteiger partial charge in [-0.15, -0.1) is 0 Å². The van der Waals surface area contributed by atoms with Crippen molar-refractivity contribution in [3.05, 3.63) is 70.2 Å². The first-order valence-corrected chi connectivity index (χ1v) is 6.05. The van der Waals surface area contributed by atoms with Gasteiger partial charge in [0.2, 0.25) is 0 Å². The Hall–Kier alpha value is -1.61. The van der Waals surface area contributed by atoms with Crippen molar-refractivity contribution < 1.29 is 4.79 Å². The van der Waals surface area contributed by atoms with Crippen molar-refractivity contribution in [2.75, 3.05) is 0 Å². The number of amides is 1. The molecular weight excluding hydrogens is 278 g/mol. The average Bonchev–Trinajstić information content (AvgIpc) is 2.38. The maximum atomic E-state index is 11.9. The smallest absolute Gasteiger partial charge is 0.253 e. The van der Waals surface area contributed by atoms with Crippen molar-refractivity contribution in [1.82, 2.24) is 5.32 Å². The molecule has 3 heteroatoms. The van der Waals surface area contributed by atoms with Crippen molar-refractivity contribution in [2.24, 2.45) is 0 Å². The summed E-state index contributed by atoms with van der Waals surface area (Å²) in [5.41, 5.74) is 1.61. The van der Waals surface area contributed by atoms with Gasteiger partial charge in [0, 0.05) is 11.0 Å². The summed E-state index contributed by atoms with van der Waals surface area (Å²) in [5.74, 6) is -0.124. The van der Waals surface area contributed by atoms with Crippen LogP contribution in [0.4, 0.5) is 0 Å². The Morgan fingerprint density at radius 1 is 1.18 bits per heavy atom. The normalized spacial score (nSPS) is 9.94.